The van der Waals surface area contributed by atoms with Gasteiger partial charge in [0.05, 0.1) is 18.1 Å². The molecule has 0 spiro atoms. The molecule has 0 amide bonds. The molecule has 1 aliphatic rings. The van der Waals surface area contributed by atoms with E-state index in [2.05, 4.69) is 5.32 Å². The summed E-state index contributed by atoms with van der Waals surface area (Å²) in [6, 6.07) is 7.91. The molecule has 0 unspecified atom stereocenters. The molecular formula is C13H19NO3S. The van der Waals surface area contributed by atoms with Gasteiger partial charge in [-0.3, -0.25) is 0 Å². The average molecular weight is 269 g/mol. The first-order valence-electron chi connectivity index (χ1n) is 6.25. The van der Waals surface area contributed by atoms with Crippen LogP contribution in [-0.2, 0) is 16.4 Å². The zero-order valence-electron chi connectivity index (χ0n) is 10.6. The number of hydrogen-bond acceptors (Lipinski definition) is 4. The van der Waals surface area contributed by atoms with Crippen molar-refractivity contribution in [3.63, 3.8) is 0 Å². The summed E-state index contributed by atoms with van der Waals surface area (Å²) in [6.45, 7) is 3.24. The highest BCUT2D eigenvalue weighted by molar-refractivity contribution is 7.91. The number of benzene rings is 1. The maximum atomic E-state index is 11.4. The third kappa shape index (κ3) is 3.46. The standard InChI is InChI=1S/C13H19NO3S/c1-2-17-13-6-4-3-5-11(13)9-14-12-7-8-18(15,16)10-12/h3-6,12,14H,2,7-10H2,1H3/t12-/m1/s1. The van der Waals surface area contributed by atoms with Crippen molar-refractivity contribution in [2.45, 2.75) is 25.9 Å². The smallest absolute Gasteiger partial charge is 0.151 e. The van der Waals surface area contributed by atoms with Crippen LogP contribution in [0.25, 0.3) is 0 Å². The zero-order valence-corrected chi connectivity index (χ0v) is 11.4. The minimum absolute atomic E-state index is 0.0738. The van der Waals surface area contributed by atoms with Crippen LogP contribution in [0.4, 0.5) is 0 Å². The second-order valence-corrected chi connectivity index (χ2v) is 6.75. The van der Waals surface area contributed by atoms with Gasteiger partial charge in [0.1, 0.15) is 5.75 Å². The highest BCUT2D eigenvalue weighted by Gasteiger charge is 2.27. The molecule has 0 bridgehead atoms. The van der Waals surface area contributed by atoms with Crippen LogP contribution in [0.1, 0.15) is 18.9 Å². The van der Waals surface area contributed by atoms with Crippen molar-refractivity contribution in [1.82, 2.24) is 5.32 Å². The molecule has 1 fully saturated rings. The quantitative estimate of drug-likeness (QED) is 0.877. The van der Waals surface area contributed by atoms with Gasteiger partial charge in [-0.2, -0.15) is 0 Å². The zero-order chi connectivity index (χ0) is 13.0. The Morgan fingerprint density at radius 3 is 2.83 bits per heavy atom. The van der Waals surface area contributed by atoms with Crippen molar-refractivity contribution in [1.29, 1.82) is 0 Å². The SMILES string of the molecule is CCOc1ccccc1CN[C@@H]1CCS(=O)(=O)C1. The Hall–Kier alpha value is -1.07. The summed E-state index contributed by atoms with van der Waals surface area (Å²) in [5.74, 6) is 1.43. The van der Waals surface area contributed by atoms with Gasteiger partial charge in [0.15, 0.2) is 9.84 Å². The predicted molar refractivity (Wildman–Crippen MR) is 71.5 cm³/mol. The van der Waals surface area contributed by atoms with E-state index in [0.717, 1.165) is 11.3 Å². The molecule has 100 valence electrons. The predicted octanol–water partition coefficient (Wildman–Crippen LogP) is 1.36. The highest BCUT2D eigenvalue weighted by Crippen LogP contribution is 2.19. The normalized spacial score (nSPS) is 21.9. The molecule has 1 atom stereocenters. The van der Waals surface area contributed by atoms with E-state index in [9.17, 15) is 8.42 Å². The van der Waals surface area contributed by atoms with Crippen LogP contribution >= 0.6 is 0 Å². The summed E-state index contributed by atoms with van der Waals surface area (Å²) in [6.07, 6.45) is 0.707. The van der Waals surface area contributed by atoms with Crippen LogP contribution in [0.2, 0.25) is 0 Å². The van der Waals surface area contributed by atoms with E-state index in [1.807, 2.05) is 31.2 Å². The van der Waals surface area contributed by atoms with Crippen molar-refractivity contribution in [2.24, 2.45) is 0 Å². The van der Waals surface area contributed by atoms with Gasteiger partial charge in [0.25, 0.3) is 0 Å². The van der Waals surface area contributed by atoms with Gasteiger partial charge in [-0.05, 0) is 19.4 Å². The lowest BCUT2D eigenvalue weighted by Gasteiger charge is -2.13. The first-order valence-corrected chi connectivity index (χ1v) is 8.07. The van der Waals surface area contributed by atoms with Gasteiger partial charge in [-0.15, -0.1) is 0 Å². The third-order valence-electron chi connectivity index (χ3n) is 3.09. The Bertz CT molecular complexity index is 499. The molecule has 2 rings (SSSR count). The maximum absolute atomic E-state index is 11.4. The van der Waals surface area contributed by atoms with E-state index in [4.69, 9.17) is 4.74 Å². The Labute approximate surface area is 108 Å². The van der Waals surface area contributed by atoms with E-state index in [1.165, 1.54) is 0 Å². The van der Waals surface area contributed by atoms with Gasteiger partial charge in [0, 0.05) is 18.2 Å². The monoisotopic (exact) mass is 269 g/mol. The Morgan fingerprint density at radius 2 is 2.17 bits per heavy atom. The van der Waals surface area contributed by atoms with Crippen molar-refractivity contribution >= 4 is 9.84 Å². The molecule has 1 heterocycles. The van der Waals surface area contributed by atoms with Crippen LogP contribution in [0.3, 0.4) is 0 Å². The summed E-state index contributed by atoms with van der Waals surface area (Å²) in [5, 5.41) is 3.29. The van der Waals surface area contributed by atoms with Gasteiger partial charge >= 0.3 is 0 Å². The lowest BCUT2D eigenvalue weighted by molar-refractivity contribution is 0.335. The fourth-order valence-corrected chi connectivity index (χ4v) is 3.86. The van der Waals surface area contributed by atoms with Crippen LogP contribution in [0.5, 0.6) is 5.75 Å². The van der Waals surface area contributed by atoms with Gasteiger partial charge in [-0.25, -0.2) is 8.42 Å². The van der Waals surface area contributed by atoms with Gasteiger partial charge < -0.3 is 10.1 Å². The number of sulfone groups is 1. The van der Waals surface area contributed by atoms with Crippen molar-refractivity contribution < 1.29 is 13.2 Å². The minimum Gasteiger partial charge on any atom is -0.494 e. The topological polar surface area (TPSA) is 55.4 Å². The molecule has 1 aromatic rings. The molecule has 1 aromatic carbocycles. The summed E-state index contributed by atoms with van der Waals surface area (Å²) >= 11 is 0. The van der Waals surface area contributed by atoms with Crippen molar-refractivity contribution in [3.05, 3.63) is 29.8 Å². The molecule has 5 heteroatoms. The number of nitrogens with one attached hydrogen (secondary N) is 1. The number of hydrogen-bond donors (Lipinski definition) is 1. The largest absolute Gasteiger partial charge is 0.494 e. The van der Waals surface area contributed by atoms with Crippen LogP contribution in [0, 0.1) is 0 Å². The lowest BCUT2D eigenvalue weighted by atomic mass is 10.2. The number of ether oxygens (including phenoxy) is 1. The number of para-hydroxylation sites is 1. The van der Waals surface area contributed by atoms with Crippen LogP contribution < -0.4 is 10.1 Å². The minimum atomic E-state index is -2.81. The molecule has 0 saturated carbocycles. The van der Waals surface area contributed by atoms with Gasteiger partial charge in [0.2, 0.25) is 0 Å². The van der Waals surface area contributed by atoms with E-state index in [-0.39, 0.29) is 11.8 Å². The first-order chi connectivity index (χ1) is 8.61. The number of rotatable bonds is 5. The fourth-order valence-electron chi connectivity index (χ4n) is 2.16. The van der Waals surface area contributed by atoms with Crippen LogP contribution in [0.15, 0.2) is 24.3 Å². The molecule has 0 radical (unpaired) electrons. The van der Waals surface area contributed by atoms with Crippen molar-refractivity contribution in [3.8, 4) is 5.75 Å². The molecule has 4 nitrogen and oxygen atoms in total. The molecular weight excluding hydrogens is 250 g/mol. The first kappa shape index (κ1) is 13.4. The summed E-state index contributed by atoms with van der Waals surface area (Å²) in [7, 11) is -2.81. The lowest BCUT2D eigenvalue weighted by Crippen LogP contribution is -2.29. The van der Waals surface area contributed by atoms with E-state index < -0.39 is 9.84 Å². The molecule has 18 heavy (non-hydrogen) atoms. The summed E-state index contributed by atoms with van der Waals surface area (Å²) < 4.78 is 28.2. The van der Waals surface area contributed by atoms with E-state index in [0.29, 0.717) is 25.3 Å². The Kier molecular flexibility index (Phi) is 4.24. The third-order valence-corrected chi connectivity index (χ3v) is 4.85. The van der Waals surface area contributed by atoms with Crippen LogP contribution in [-0.4, -0.2) is 32.6 Å². The maximum Gasteiger partial charge on any atom is 0.151 e. The Balaban J connectivity index is 1.94. The summed E-state index contributed by atoms with van der Waals surface area (Å²) in [4.78, 5) is 0. The molecule has 1 saturated heterocycles. The van der Waals surface area contributed by atoms with E-state index >= 15 is 0 Å². The molecule has 0 aliphatic carbocycles. The van der Waals surface area contributed by atoms with Crippen molar-refractivity contribution in [2.75, 3.05) is 18.1 Å². The molecule has 0 aromatic heterocycles. The molecule has 1 aliphatic heterocycles. The highest BCUT2D eigenvalue weighted by atomic mass is 32.2. The summed E-state index contributed by atoms with van der Waals surface area (Å²) in [5.41, 5.74) is 1.07. The average Bonchev–Trinajstić information content (AvgIpc) is 2.68. The van der Waals surface area contributed by atoms with Gasteiger partial charge in [-0.1, -0.05) is 18.2 Å². The Morgan fingerprint density at radius 1 is 1.39 bits per heavy atom. The van der Waals surface area contributed by atoms with E-state index in [1.54, 1.807) is 0 Å². The molecule has 1 N–H and O–H groups in total. The second kappa shape index (κ2) is 5.71. The fraction of sp³-hybridized carbons (Fsp3) is 0.538. The second-order valence-electron chi connectivity index (χ2n) is 4.52.